The number of carbonyl (C=O) groups excluding carboxylic acids is 2. The number of aryl methyl sites for hydroxylation is 2. The van der Waals surface area contributed by atoms with Crippen molar-refractivity contribution in [1.29, 1.82) is 0 Å². The number of likely N-dealkylation sites (tertiary alicyclic amines) is 2. The fraction of sp³-hybridized carbons (Fsp3) is 0.500. The lowest BCUT2D eigenvalue weighted by molar-refractivity contribution is -0.136. The first-order chi connectivity index (χ1) is 30.4. The summed E-state index contributed by atoms with van der Waals surface area (Å²) in [5.74, 6) is 0.665. The van der Waals surface area contributed by atoms with Gasteiger partial charge in [-0.3, -0.25) is 9.59 Å². The zero-order valence-corrected chi connectivity index (χ0v) is 38.8. The van der Waals surface area contributed by atoms with Crippen molar-refractivity contribution < 1.29 is 38.1 Å². The second kappa shape index (κ2) is 23.9. The first kappa shape index (κ1) is 50.1. The van der Waals surface area contributed by atoms with Crippen LogP contribution in [0.4, 0.5) is 8.78 Å². The predicted octanol–water partition coefficient (Wildman–Crippen LogP) is 8.41. The number of phenolic OH excluding ortho intramolecular Hbond substituents is 1. The van der Waals surface area contributed by atoms with Gasteiger partial charge in [-0.1, -0.05) is 48.5 Å². The number of nitrogens with zero attached hydrogens (tertiary/aromatic N) is 4. The molecule has 0 bridgehead atoms. The average Bonchev–Trinajstić information content (AvgIpc) is 3.98. The third-order valence-electron chi connectivity index (χ3n) is 11.9. The van der Waals surface area contributed by atoms with E-state index in [9.17, 15) is 28.6 Å². The van der Waals surface area contributed by atoms with Crippen LogP contribution in [0.15, 0.2) is 97.1 Å². The molecule has 0 aliphatic carbocycles. The molecule has 4 aromatic rings. The summed E-state index contributed by atoms with van der Waals surface area (Å²) in [6, 6.07) is 27.9. The van der Waals surface area contributed by atoms with E-state index in [1.165, 1.54) is 24.3 Å². The number of phenols is 1. The van der Waals surface area contributed by atoms with Gasteiger partial charge in [0.25, 0.3) is 0 Å². The maximum absolute atomic E-state index is 13.3. The van der Waals surface area contributed by atoms with Crippen molar-refractivity contribution >= 4 is 11.8 Å². The molecule has 3 saturated heterocycles. The number of ether oxygens (including phenoxy) is 2. The van der Waals surface area contributed by atoms with Crippen molar-refractivity contribution in [1.82, 2.24) is 19.6 Å². The third-order valence-corrected chi connectivity index (χ3v) is 11.9. The first-order valence-electron chi connectivity index (χ1n) is 22.7. The fourth-order valence-corrected chi connectivity index (χ4v) is 7.64. The Labute approximate surface area is 379 Å². The Kier molecular flexibility index (Phi) is 18.7. The van der Waals surface area contributed by atoms with E-state index in [1.54, 1.807) is 50.2 Å². The highest BCUT2D eigenvalue weighted by molar-refractivity contribution is 5.77. The highest BCUT2D eigenvalue weighted by Crippen LogP contribution is 2.24. The minimum atomic E-state index is -0.882. The highest BCUT2D eigenvalue weighted by atomic mass is 19.1. The van der Waals surface area contributed by atoms with Crippen LogP contribution in [0.2, 0.25) is 0 Å². The number of rotatable bonds is 15. The van der Waals surface area contributed by atoms with Crippen molar-refractivity contribution in [3.63, 3.8) is 0 Å². The van der Waals surface area contributed by atoms with Gasteiger partial charge in [0.2, 0.25) is 11.8 Å². The summed E-state index contributed by atoms with van der Waals surface area (Å²) >= 11 is 0. The Balaban J connectivity index is 0.000000219. The van der Waals surface area contributed by atoms with Crippen molar-refractivity contribution in [2.24, 2.45) is 0 Å². The smallest absolute Gasteiger partial charge is 0.223 e. The summed E-state index contributed by atoms with van der Waals surface area (Å²) in [5.41, 5.74) is 3.37. The van der Waals surface area contributed by atoms with Gasteiger partial charge in [-0.05, 0) is 177 Å². The number of aromatic hydroxyl groups is 1. The van der Waals surface area contributed by atoms with Crippen LogP contribution in [0.3, 0.4) is 0 Å². The number of epoxide rings is 1. The SMILES string of the molecule is CC1(C)CO1.CN1CCC(N(Cc2ccc(F)cc2)C(=O)CCc2ccc(O)cc2)CC1.CN1CCC(N(Cc2ccc(F)cc2)C(=O)CCc2ccc(OCC(C)(C)O)cc2)CC1. The van der Waals surface area contributed by atoms with Gasteiger partial charge in [0.1, 0.15) is 29.7 Å². The van der Waals surface area contributed by atoms with E-state index in [0.29, 0.717) is 44.5 Å². The van der Waals surface area contributed by atoms with Crippen molar-refractivity contribution in [2.75, 3.05) is 53.5 Å². The lowest BCUT2D eigenvalue weighted by Crippen LogP contribution is -2.46. The van der Waals surface area contributed by atoms with E-state index in [2.05, 4.69) is 37.7 Å². The topological polar surface area (TPSA) is 109 Å². The molecule has 3 heterocycles. The van der Waals surface area contributed by atoms with Crippen LogP contribution in [0.1, 0.15) is 88.5 Å². The van der Waals surface area contributed by atoms with Gasteiger partial charge in [0.15, 0.2) is 0 Å². The monoisotopic (exact) mass is 885 g/mol. The van der Waals surface area contributed by atoms with Crippen molar-refractivity contribution in [3.05, 3.63) is 131 Å². The summed E-state index contributed by atoms with van der Waals surface area (Å²) in [6.07, 6.45) is 5.98. The molecular formula is C52H70F2N4O6. The first-order valence-corrected chi connectivity index (χ1v) is 22.7. The lowest BCUT2D eigenvalue weighted by Gasteiger charge is -2.37. The lowest BCUT2D eigenvalue weighted by atomic mass is 10.0. The normalized spacial score (nSPS) is 16.7. The molecule has 0 radical (unpaired) electrons. The molecule has 348 valence electrons. The Bertz CT molecular complexity index is 2000. The van der Waals surface area contributed by atoms with Crippen LogP contribution in [0.5, 0.6) is 11.5 Å². The molecule has 64 heavy (non-hydrogen) atoms. The predicted molar refractivity (Wildman–Crippen MR) is 248 cm³/mol. The number of carbonyl (C=O) groups is 2. The Morgan fingerprint density at radius 1 is 0.672 bits per heavy atom. The summed E-state index contributed by atoms with van der Waals surface area (Å²) in [7, 11) is 4.21. The number of hydrogen-bond acceptors (Lipinski definition) is 8. The van der Waals surface area contributed by atoms with Gasteiger partial charge in [-0.2, -0.15) is 0 Å². The van der Waals surface area contributed by atoms with Gasteiger partial charge in [0, 0.05) is 38.0 Å². The van der Waals surface area contributed by atoms with Gasteiger partial charge in [-0.25, -0.2) is 8.78 Å². The van der Waals surface area contributed by atoms with Gasteiger partial charge in [-0.15, -0.1) is 0 Å². The second-order valence-corrected chi connectivity index (χ2v) is 18.8. The summed E-state index contributed by atoms with van der Waals surface area (Å²) < 4.78 is 37.0. The van der Waals surface area contributed by atoms with E-state index in [-0.39, 0.29) is 53.5 Å². The second-order valence-electron chi connectivity index (χ2n) is 18.8. The molecule has 10 nitrogen and oxygen atoms in total. The third kappa shape index (κ3) is 17.9. The van der Waals surface area contributed by atoms with E-state index in [4.69, 9.17) is 9.47 Å². The number of amides is 2. The molecule has 0 unspecified atom stereocenters. The molecular weight excluding hydrogens is 815 g/mol. The van der Waals surface area contributed by atoms with Crippen LogP contribution in [0.25, 0.3) is 0 Å². The Morgan fingerprint density at radius 2 is 1.02 bits per heavy atom. The largest absolute Gasteiger partial charge is 0.508 e. The Morgan fingerprint density at radius 3 is 1.36 bits per heavy atom. The molecule has 12 heteroatoms. The molecule has 3 aliphatic rings. The number of aliphatic hydroxyl groups is 1. The van der Waals surface area contributed by atoms with E-state index in [1.807, 2.05) is 46.2 Å². The molecule has 7 rings (SSSR count). The van der Waals surface area contributed by atoms with Crippen LogP contribution < -0.4 is 4.74 Å². The van der Waals surface area contributed by atoms with Crippen LogP contribution in [-0.4, -0.2) is 118 Å². The van der Waals surface area contributed by atoms with E-state index in [0.717, 1.165) is 80.7 Å². The minimum absolute atomic E-state index is 0.127. The maximum atomic E-state index is 13.3. The van der Waals surface area contributed by atoms with Crippen molar-refractivity contribution in [3.8, 4) is 11.5 Å². The summed E-state index contributed by atoms with van der Waals surface area (Å²) in [5, 5.41) is 19.2. The zero-order valence-electron chi connectivity index (χ0n) is 38.8. The van der Waals surface area contributed by atoms with Crippen molar-refractivity contribution in [2.45, 2.75) is 115 Å². The quantitative estimate of drug-likeness (QED) is 0.115. The molecule has 3 aliphatic heterocycles. The van der Waals surface area contributed by atoms with Gasteiger partial charge >= 0.3 is 0 Å². The van der Waals surface area contributed by atoms with Crippen LogP contribution in [0, 0.1) is 11.6 Å². The van der Waals surface area contributed by atoms with Crippen LogP contribution >= 0.6 is 0 Å². The molecule has 0 saturated carbocycles. The molecule has 2 N–H and O–H groups in total. The standard InChI is InChI=1S/C26H35FN2O3.C22H27FN2O2.C4H8O/c1-26(2,31)19-32-24-11-6-20(7-12-24)8-13-25(30)29(23-14-16-28(3)17-15-23)18-21-4-9-22(27)10-5-21;1-24-14-12-20(13-15-24)25(16-18-2-7-19(23)8-3-18)22(27)11-6-17-4-9-21(26)10-5-17;1-4(2)3-5-4/h4-7,9-12,23,31H,8,13-19H2,1-3H3;2-5,7-10,20,26H,6,11-16H2,1H3;3H2,1-2H3. The van der Waals surface area contributed by atoms with E-state index >= 15 is 0 Å². The van der Waals surface area contributed by atoms with Crippen LogP contribution in [-0.2, 0) is 40.3 Å². The average molecular weight is 885 g/mol. The number of benzene rings is 4. The Hall–Kier alpha value is -4.88. The number of halogens is 2. The number of hydrogen-bond donors (Lipinski definition) is 2. The molecule has 0 spiro atoms. The molecule has 4 aromatic carbocycles. The summed E-state index contributed by atoms with van der Waals surface area (Å²) in [4.78, 5) is 34.8. The van der Waals surface area contributed by atoms with Gasteiger partial charge < -0.3 is 39.3 Å². The number of piperidine rings is 2. The molecule has 0 atom stereocenters. The minimum Gasteiger partial charge on any atom is -0.508 e. The van der Waals surface area contributed by atoms with Gasteiger partial charge in [0.05, 0.1) is 17.8 Å². The van der Waals surface area contributed by atoms with E-state index < -0.39 is 5.60 Å². The molecule has 2 amide bonds. The summed E-state index contributed by atoms with van der Waals surface area (Å²) in [6.45, 7) is 13.7. The fourth-order valence-electron chi connectivity index (χ4n) is 7.64. The molecule has 3 fully saturated rings. The maximum Gasteiger partial charge on any atom is 0.223 e. The zero-order chi connectivity index (χ0) is 46.3. The molecule has 0 aromatic heterocycles. The highest BCUT2D eigenvalue weighted by Gasteiger charge is 2.32.